The zero-order chi connectivity index (χ0) is 18.5. The predicted octanol–water partition coefficient (Wildman–Crippen LogP) is 2.78. The molecule has 2 heterocycles. The number of hydrogen-bond acceptors (Lipinski definition) is 5. The Balaban J connectivity index is 1.76. The Morgan fingerprint density at radius 3 is 2.50 bits per heavy atom. The number of hydrogen-bond donors (Lipinski definition) is 0. The summed E-state index contributed by atoms with van der Waals surface area (Å²) in [5.41, 5.74) is 2.51. The summed E-state index contributed by atoms with van der Waals surface area (Å²) in [6.07, 6.45) is 4.55. The number of nitriles is 2. The molecule has 3 rings (SSSR count). The third-order valence-corrected chi connectivity index (χ3v) is 4.63. The van der Waals surface area contributed by atoms with E-state index in [1.54, 1.807) is 28.1 Å². The van der Waals surface area contributed by atoms with Crippen molar-refractivity contribution in [3.05, 3.63) is 48.2 Å². The van der Waals surface area contributed by atoms with Gasteiger partial charge in [-0.1, -0.05) is 12.1 Å². The molecule has 1 saturated heterocycles. The average molecular weight is 345 g/mol. The SMILES string of the molecule is CCN(C(=O)[C@@H]1CCN(C#N)C1)c1ccc(-c2ccc(C#N)cc2)cn1. The van der Waals surface area contributed by atoms with Gasteiger partial charge in [-0.2, -0.15) is 10.5 Å². The van der Waals surface area contributed by atoms with E-state index < -0.39 is 0 Å². The van der Waals surface area contributed by atoms with Gasteiger partial charge < -0.3 is 4.90 Å². The van der Waals surface area contributed by atoms with Crippen LogP contribution in [0.15, 0.2) is 42.6 Å². The van der Waals surface area contributed by atoms with Gasteiger partial charge in [0.25, 0.3) is 0 Å². The van der Waals surface area contributed by atoms with Crippen LogP contribution in [0, 0.1) is 28.7 Å². The van der Waals surface area contributed by atoms with Gasteiger partial charge in [0, 0.05) is 31.4 Å². The lowest BCUT2D eigenvalue weighted by Gasteiger charge is -2.23. The maximum absolute atomic E-state index is 12.8. The summed E-state index contributed by atoms with van der Waals surface area (Å²) < 4.78 is 0. The molecule has 0 N–H and O–H groups in total. The van der Waals surface area contributed by atoms with Gasteiger partial charge in [-0.15, -0.1) is 0 Å². The largest absolute Gasteiger partial charge is 0.310 e. The Morgan fingerprint density at radius 1 is 1.23 bits per heavy atom. The lowest BCUT2D eigenvalue weighted by atomic mass is 10.1. The van der Waals surface area contributed by atoms with E-state index in [1.165, 1.54) is 0 Å². The number of carbonyl (C=O) groups excluding carboxylic acids is 1. The van der Waals surface area contributed by atoms with Crippen molar-refractivity contribution < 1.29 is 4.79 Å². The highest BCUT2D eigenvalue weighted by Crippen LogP contribution is 2.24. The molecular formula is C20H19N5O. The number of benzene rings is 1. The van der Waals surface area contributed by atoms with Crippen LogP contribution >= 0.6 is 0 Å². The van der Waals surface area contributed by atoms with Crippen LogP contribution in [0.1, 0.15) is 18.9 Å². The van der Waals surface area contributed by atoms with Crippen molar-refractivity contribution in [1.29, 1.82) is 10.5 Å². The molecule has 1 fully saturated rings. The first kappa shape index (κ1) is 17.4. The highest BCUT2D eigenvalue weighted by Gasteiger charge is 2.31. The van der Waals surface area contributed by atoms with Crippen molar-refractivity contribution in [3.8, 4) is 23.4 Å². The van der Waals surface area contributed by atoms with Crippen LogP contribution in [0.2, 0.25) is 0 Å². The number of likely N-dealkylation sites (tertiary alicyclic amines) is 1. The second-order valence-corrected chi connectivity index (χ2v) is 6.21. The van der Waals surface area contributed by atoms with Crippen LogP contribution in [-0.4, -0.2) is 35.4 Å². The lowest BCUT2D eigenvalue weighted by molar-refractivity contribution is -0.121. The van der Waals surface area contributed by atoms with E-state index in [4.69, 9.17) is 10.5 Å². The quantitative estimate of drug-likeness (QED) is 0.796. The van der Waals surface area contributed by atoms with Crippen LogP contribution in [-0.2, 0) is 4.79 Å². The molecule has 0 saturated carbocycles. The molecule has 1 aliphatic heterocycles. The average Bonchev–Trinajstić information content (AvgIpc) is 3.18. The molecule has 0 spiro atoms. The third kappa shape index (κ3) is 3.50. The van der Waals surface area contributed by atoms with Gasteiger partial charge in [0.05, 0.1) is 17.6 Å². The minimum atomic E-state index is -0.158. The second kappa shape index (κ2) is 7.67. The smallest absolute Gasteiger partial charge is 0.233 e. The fourth-order valence-corrected chi connectivity index (χ4v) is 3.16. The fraction of sp³-hybridized carbons (Fsp3) is 0.300. The van der Waals surface area contributed by atoms with Crippen molar-refractivity contribution in [3.63, 3.8) is 0 Å². The number of pyridine rings is 1. The van der Waals surface area contributed by atoms with Crippen molar-refractivity contribution in [1.82, 2.24) is 9.88 Å². The molecular weight excluding hydrogens is 326 g/mol. The topological polar surface area (TPSA) is 84.0 Å². The third-order valence-electron chi connectivity index (χ3n) is 4.63. The molecule has 0 unspecified atom stereocenters. The van der Waals surface area contributed by atoms with E-state index in [2.05, 4.69) is 17.2 Å². The van der Waals surface area contributed by atoms with Gasteiger partial charge in [-0.25, -0.2) is 4.98 Å². The van der Waals surface area contributed by atoms with Gasteiger partial charge in [0.15, 0.2) is 6.19 Å². The minimum Gasteiger partial charge on any atom is -0.310 e. The van der Waals surface area contributed by atoms with E-state index >= 15 is 0 Å². The zero-order valence-electron chi connectivity index (χ0n) is 14.6. The Kier molecular flexibility index (Phi) is 5.15. The van der Waals surface area contributed by atoms with Gasteiger partial charge >= 0.3 is 0 Å². The fourth-order valence-electron chi connectivity index (χ4n) is 3.16. The van der Waals surface area contributed by atoms with Gasteiger partial charge in [0.1, 0.15) is 5.82 Å². The zero-order valence-corrected chi connectivity index (χ0v) is 14.6. The molecule has 0 bridgehead atoms. The number of anilines is 1. The first-order chi connectivity index (χ1) is 12.7. The molecule has 2 aromatic rings. The molecule has 6 nitrogen and oxygen atoms in total. The highest BCUT2D eigenvalue weighted by molar-refractivity contribution is 5.94. The molecule has 1 atom stereocenters. The summed E-state index contributed by atoms with van der Waals surface area (Å²) in [4.78, 5) is 20.5. The van der Waals surface area contributed by atoms with Crippen molar-refractivity contribution in [2.45, 2.75) is 13.3 Å². The summed E-state index contributed by atoms with van der Waals surface area (Å²) in [5.74, 6) is 0.476. The standard InChI is InChI=1S/C20H19N5O/c1-2-25(20(26)18-9-10-24(13-18)14-22)19-8-7-17(12-23-19)16-5-3-15(11-21)4-6-16/h3-8,12,18H,2,9-10,13H2,1H3/t18-/m1/s1. The normalized spacial score (nSPS) is 16.0. The number of aromatic nitrogens is 1. The summed E-state index contributed by atoms with van der Waals surface area (Å²) in [6.45, 7) is 3.57. The number of rotatable bonds is 4. The van der Waals surface area contributed by atoms with E-state index in [0.29, 0.717) is 37.4 Å². The van der Waals surface area contributed by atoms with Crippen LogP contribution in [0.5, 0.6) is 0 Å². The van der Waals surface area contributed by atoms with E-state index in [9.17, 15) is 4.79 Å². The first-order valence-electron chi connectivity index (χ1n) is 8.59. The first-order valence-corrected chi connectivity index (χ1v) is 8.59. The summed E-state index contributed by atoms with van der Waals surface area (Å²) in [5, 5.41) is 17.8. The number of nitrogens with zero attached hydrogens (tertiary/aromatic N) is 5. The van der Waals surface area contributed by atoms with Gasteiger partial charge in [0.2, 0.25) is 5.91 Å². The molecule has 1 amide bonds. The lowest BCUT2D eigenvalue weighted by Crippen LogP contribution is -2.37. The summed E-state index contributed by atoms with van der Waals surface area (Å²) in [6, 6.07) is 13.2. The number of amides is 1. The Hall–Kier alpha value is -3.38. The van der Waals surface area contributed by atoms with Crippen LogP contribution < -0.4 is 4.90 Å². The van der Waals surface area contributed by atoms with Crippen LogP contribution in [0.25, 0.3) is 11.1 Å². The maximum Gasteiger partial charge on any atom is 0.233 e. The minimum absolute atomic E-state index is 0.0175. The maximum atomic E-state index is 12.8. The summed E-state index contributed by atoms with van der Waals surface area (Å²) >= 11 is 0. The molecule has 130 valence electrons. The number of carbonyl (C=O) groups is 1. The second-order valence-electron chi connectivity index (χ2n) is 6.21. The molecule has 26 heavy (non-hydrogen) atoms. The van der Waals surface area contributed by atoms with Crippen molar-refractivity contribution >= 4 is 11.7 Å². The van der Waals surface area contributed by atoms with E-state index in [1.807, 2.05) is 31.2 Å². The molecule has 0 radical (unpaired) electrons. The van der Waals surface area contributed by atoms with Crippen LogP contribution in [0.3, 0.4) is 0 Å². The molecule has 1 aromatic carbocycles. The predicted molar refractivity (Wildman–Crippen MR) is 97.7 cm³/mol. The van der Waals surface area contributed by atoms with E-state index in [-0.39, 0.29) is 11.8 Å². The molecule has 1 aromatic heterocycles. The van der Waals surface area contributed by atoms with E-state index in [0.717, 1.165) is 11.1 Å². The van der Waals surface area contributed by atoms with Crippen molar-refractivity contribution in [2.24, 2.45) is 5.92 Å². The van der Waals surface area contributed by atoms with Crippen LogP contribution in [0.4, 0.5) is 5.82 Å². The molecule has 6 heteroatoms. The van der Waals surface area contributed by atoms with Crippen molar-refractivity contribution in [2.75, 3.05) is 24.5 Å². The highest BCUT2D eigenvalue weighted by atomic mass is 16.2. The van der Waals surface area contributed by atoms with Gasteiger partial charge in [-0.3, -0.25) is 9.69 Å². The monoisotopic (exact) mass is 345 g/mol. The summed E-state index contributed by atoms with van der Waals surface area (Å²) in [7, 11) is 0. The Morgan fingerprint density at radius 2 is 1.96 bits per heavy atom. The Bertz CT molecular complexity index is 861. The Labute approximate surface area is 152 Å². The molecule has 1 aliphatic rings. The molecule has 0 aliphatic carbocycles. The van der Waals surface area contributed by atoms with Gasteiger partial charge in [-0.05, 0) is 43.2 Å².